The van der Waals surface area contributed by atoms with Gasteiger partial charge >= 0.3 is 0 Å². The lowest BCUT2D eigenvalue weighted by Crippen LogP contribution is -2.30. The van der Waals surface area contributed by atoms with Crippen molar-refractivity contribution in [3.8, 4) is 0 Å². The summed E-state index contributed by atoms with van der Waals surface area (Å²) in [4.78, 5) is 6.77. The molecule has 2 aromatic heterocycles. The molecule has 1 saturated heterocycles. The Morgan fingerprint density at radius 1 is 1.04 bits per heavy atom. The zero-order valence-corrected chi connectivity index (χ0v) is 15.1. The Morgan fingerprint density at radius 3 is 2.48 bits per heavy atom. The molecule has 126 valence electrons. The van der Waals surface area contributed by atoms with Crippen molar-refractivity contribution in [2.45, 2.75) is 19.0 Å². The van der Waals surface area contributed by atoms with Crippen LogP contribution in [0.4, 0.5) is 5.69 Å². The third-order valence-corrected chi connectivity index (χ3v) is 5.01. The van der Waals surface area contributed by atoms with E-state index in [1.807, 2.05) is 18.3 Å². The first-order chi connectivity index (χ1) is 12.1. The van der Waals surface area contributed by atoms with E-state index < -0.39 is 0 Å². The van der Waals surface area contributed by atoms with Crippen LogP contribution in [0.2, 0.25) is 0 Å². The second-order valence-electron chi connectivity index (χ2n) is 6.38. The van der Waals surface area contributed by atoms with Crippen molar-refractivity contribution in [2.24, 2.45) is 7.05 Å². The summed E-state index contributed by atoms with van der Waals surface area (Å²) in [6.07, 6.45) is 3.90. The molecule has 0 amide bonds. The quantitative estimate of drug-likeness (QED) is 0.728. The molecule has 1 aliphatic heterocycles. The summed E-state index contributed by atoms with van der Waals surface area (Å²) in [6.45, 7) is 2.09. The molecule has 0 radical (unpaired) electrons. The highest BCUT2D eigenvalue weighted by Crippen LogP contribution is 2.41. The highest BCUT2D eigenvalue weighted by atomic mass is 32.1. The molecule has 5 heteroatoms. The first-order valence-electron chi connectivity index (χ1n) is 8.34. The smallest absolute Gasteiger partial charge is 0.174 e. The number of hydrogen-bond acceptors (Lipinski definition) is 2. The van der Waals surface area contributed by atoms with Crippen molar-refractivity contribution >= 4 is 23.0 Å². The number of thiocarbonyl (C=S) groups is 1. The molecule has 1 aromatic carbocycles. The molecule has 0 saturated carbocycles. The summed E-state index contributed by atoms with van der Waals surface area (Å²) in [6, 6.07) is 18.8. The van der Waals surface area contributed by atoms with Crippen LogP contribution in [0, 0.1) is 6.92 Å². The standard InChI is InChI=1S/C20H20N4S/c1-14-8-10-15(11-9-14)24-19(17-7-5-13-23(17)2)18(22-20(24)25)16-6-3-4-12-21-16/h3-13,18-19H,1-2H3,(H,22,25). The summed E-state index contributed by atoms with van der Waals surface area (Å²) >= 11 is 5.70. The molecule has 1 N–H and O–H groups in total. The third-order valence-electron chi connectivity index (χ3n) is 4.70. The Balaban J connectivity index is 1.83. The number of nitrogens with zero attached hydrogens (tertiary/aromatic N) is 3. The summed E-state index contributed by atoms with van der Waals surface area (Å²) in [7, 11) is 2.07. The fourth-order valence-corrected chi connectivity index (χ4v) is 3.77. The van der Waals surface area contributed by atoms with Crippen molar-refractivity contribution in [1.82, 2.24) is 14.9 Å². The molecule has 2 unspecified atom stereocenters. The molecule has 3 heterocycles. The molecule has 0 aliphatic carbocycles. The highest BCUT2D eigenvalue weighted by molar-refractivity contribution is 7.80. The lowest BCUT2D eigenvalue weighted by atomic mass is 10.0. The number of hydrogen-bond donors (Lipinski definition) is 1. The molecule has 0 spiro atoms. The number of pyridine rings is 1. The van der Waals surface area contributed by atoms with E-state index in [0.717, 1.165) is 16.5 Å². The maximum absolute atomic E-state index is 5.70. The molecule has 1 fully saturated rings. The summed E-state index contributed by atoms with van der Waals surface area (Å²) in [5.41, 5.74) is 4.51. The Bertz CT molecular complexity index is 886. The van der Waals surface area contributed by atoms with Gasteiger partial charge in [0, 0.05) is 30.8 Å². The van der Waals surface area contributed by atoms with E-state index in [1.54, 1.807) is 0 Å². The predicted octanol–water partition coefficient (Wildman–Crippen LogP) is 3.91. The highest BCUT2D eigenvalue weighted by Gasteiger charge is 2.41. The molecule has 4 rings (SSSR count). The lowest BCUT2D eigenvalue weighted by molar-refractivity contribution is 0.541. The number of anilines is 1. The van der Waals surface area contributed by atoms with Crippen molar-refractivity contribution in [2.75, 3.05) is 4.90 Å². The van der Waals surface area contributed by atoms with Gasteiger partial charge in [-0.25, -0.2) is 0 Å². The van der Waals surface area contributed by atoms with Crippen molar-refractivity contribution in [3.05, 3.63) is 83.9 Å². The van der Waals surface area contributed by atoms with E-state index >= 15 is 0 Å². The van der Waals surface area contributed by atoms with Gasteiger partial charge in [0.25, 0.3) is 0 Å². The molecular formula is C20H20N4S. The van der Waals surface area contributed by atoms with Gasteiger partial charge in [0.2, 0.25) is 0 Å². The van der Waals surface area contributed by atoms with Gasteiger partial charge in [-0.2, -0.15) is 0 Å². The second-order valence-corrected chi connectivity index (χ2v) is 6.76. The lowest BCUT2D eigenvalue weighted by Gasteiger charge is -2.28. The van der Waals surface area contributed by atoms with Crippen LogP contribution in [0.5, 0.6) is 0 Å². The number of rotatable bonds is 3. The zero-order valence-electron chi connectivity index (χ0n) is 14.3. The SMILES string of the molecule is Cc1ccc(N2C(=S)NC(c3ccccn3)C2c2cccn2C)cc1. The Morgan fingerprint density at radius 2 is 1.84 bits per heavy atom. The Kier molecular flexibility index (Phi) is 4.01. The minimum atomic E-state index is 0.00334. The zero-order chi connectivity index (χ0) is 17.4. The topological polar surface area (TPSA) is 33.1 Å². The largest absolute Gasteiger partial charge is 0.353 e. The fraction of sp³-hybridized carbons (Fsp3) is 0.200. The molecule has 3 aromatic rings. The second kappa shape index (κ2) is 6.33. The average Bonchev–Trinajstić information content (AvgIpc) is 3.19. The van der Waals surface area contributed by atoms with Gasteiger partial charge in [-0.15, -0.1) is 0 Å². The summed E-state index contributed by atoms with van der Waals surface area (Å²) in [5.74, 6) is 0. The minimum Gasteiger partial charge on any atom is -0.353 e. The molecular weight excluding hydrogens is 328 g/mol. The number of benzene rings is 1. The van der Waals surface area contributed by atoms with Gasteiger partial charge in [-0.3, -0.25) is 4.98 Å². The van der Waals surface area contributed by atoms with Gasteiger partial charge in [0.1, 0.15) is 6.04 Å². The van der Waals surface area contributed by atoms with E-state index in [1.165, 1.54) is 11.3 Å². The van der Waals surface area contributed by atoms with Gasteiger partial charge in [0.15, 0.2) is 5.11 Å². The van der Waals surface area contributed by atoms with Gasteiger partial charge < -0.3 is 14.8 Å². The van der Waals surface area contributed by atoms with Crippen molar-refractivity contribution < 1.29 is 0 Å². The maximum Gasteiger partial charge on any atom is 0.174 e. The normalized spacial score (nSPS) is 19.9. The third kappa shape index (κ3) is 2.81. The predicted molar refractivity (Wildman–Crippen MR) is 105 cm³/mol. The van der Waals surface area contributed by atoms with Crippen molar-refractivity contribution in [1.29, 1.82) is 0 Å². The van der Waals surface area contributed by atoms with E-state index in [4.69, 9.17) is 12.2 Å². The number of nitrogens with one attached hydrogen (secondary N) is 1. The monoisotopic (exact) mass is 348 g/mol. The van der Waals surface area contributed by atoms with Crippen LogP contribution in [-0.2, 0) is 7.05 Å². The van der Waals surface area contributed by atoms with Crippen LogP contribution >= 0.6 is 12.2 Å². The van der Waals surface area contributed by atoms with Gasteiger partial charge in [-0.05, 0) is 55.5 Å². The molecule has 25 heavy (non-hydrogen) atoms. The van der Waals surface area contributed by atoms with Crippen LogP contribution in [0.3, 0.4) is 0 Å². The molecule has 1 aliphatic rings. The fourth-order valence-electron chi connectivity index (χ4n) is 3.42. The molecule has 4 nitrogen and oxygen atoms in total. The van der Waals surface area contributed by atoms with Crippen LogP contribution in [0.15, 0.2) is 67.0 Å². The Labute approximate surface area is 153 Å². The average molecular weight is 348 g/mol. The van der Waals surface area contributed by atoms with Gasteiger partial charge in [0.05, 0.1) is 11.7 Å². The van der Waals surface area contributed by atoms with Crippen LogP contribution in [0.1, 0.15) is 29.0 Å². The molecule has 0 bridgehead atoms. The summed E-state index contributed by atoms with van der Waals surface area (Å²) < 4.78 is 2.15. The van der Waals surface area contributed by atoms with E-state index in [0.29, 0.717) is 0 Å². The van der Waals surface area contributed by atoms with Gasteiger partial charge in [-0.1, -0.05) is 23.8 Å². The number of aryl methyl sites for hydroxylation is 2. The first kappa shape index (κ1) is 15.8. The number of aromatic nitrogens is 2. The van der Waals surface area contributed by atoms with E-state index in [-0.39, 0.29) is 12.1 Å². The first-order valence-corrected chi connectivity index (χ1v) is 8.74. The van der Waals surface area contributed by atoms with Crippen LogP contribution in [-0.4, -0.2) is 14.7 Å². The van der Waals surface area contributed by atoms with E-state index in [9.17, 15) is 0 Å². The maximum atomic E-state index is 5.70. The Hall–Kier alpha value is -2.66. The minimum absolute atomic E-state index is 0.00334. The van der Waals surface area contributed by atoms with Crippen LogP contribution in [0.25, 0.3) is 0 Å². The van der Waals surface area contributed by atoms with E-state index in [2.05, 4.69) is 82.4 Å². The van der Waals surface area contributed by atoms with Crippen molar-refractivity contribution in [3.63, 3.8) is 0 Å². The summed E-state index contributed by atoms with van der Waals surface area (Å²) in [5, 5.41) is 4.21. The molecule has 2 atom stereocenters. The van der Waals surface area contributed by atoms with Crippen LogP contribution < -0.4 is 10.2 Å².